The van der Waals surface area contributed by atoms with E-state index in [9.17, 15) is 5.11 Å². The van der Waals surface area contributed by atoms with Gasteiger partial charge >= 0.3 is 0 Å². The second-order valence-electron chi connectivity index (χ2n) is 3.70. The van der Waals surface area contributed by atoms with E-state index in [1.807, 2.05) is 37.4 Å². The minimum absolute atomic E-state index is 0.352. The molecule has 0 aliphatic carbocycles. The van der Waals surface area contributed by atoms with E-state index >= 15 is 0 Å². The second kappa shape index (κ2) is 5.09. The van der Waals surface area contributed by atoms with Crippen LogP contribution in [0, 0.1) is 0 Å². The van der Waals surface area contributed by atoms with Crippen molar-refractivity contribution in [1.29, 1.82) is 0 Å². The molecule has 0 amide bonds. The van der Waals surface area contributed by atoms with E-state index in [0.29, 0.717) is 19.8 Å². The monoisotopic (exact) mass is 220 g/mol. The lowest BCUT2D eigenvalue weighted by Crippen LogP contribution is -2.22. The molecule has 2 rings (SSSR count). The Morgan fingerprint density at radius 3 is 3.06 bits per heavy atom. The fourth-order valence-corrected chi connectivity index (χ4v) is 1.68. The molecule has 0 radical (unpaired) electrons. The van der Waals surface area contributed by atoms with Crippen LogP contribution in [0.25, 0.3) is 10.9 Å². The van der Waals surface area contributed by atoms with Gasteiger partial charge in [0.2, 0.25) is 0 Å². The van der Waals surface area contributed by atoms with Gasteiger partial charge in [-0.2, -0.15) is 5.10 Å². The van der Waals surface area contributed by atoms with Crippen molar-refractivity contribution in [2.24, 2.45) is 0 Å². The van der Waals surface area contributed by atoms with Gasteiger partial charge in [-0.25, -0.2) is 0 Å². The quantitative estimate of drug-likeness (QED) is 0.829. The zero-order valence-corrected chi connectivity index (χ0v) is 9.34. The Morgan fingerprint density at radius 2 is 2.25 bits per heavy atom. The highest BCUT2D eigenvalue weighted by atomic mass is 16.5. The number of aromatic nitrogens is 2. The molecule has 0 aliphatic rings. The molecule has 1 aromatic heterocycles. The SMILES string of the molecule is CCOCC(O)Cn1ncc2ccccc21. The number of rotatable bonds is 5. The van der Waals surface area contributed by atoms with Gasteiger partial charge in [-0.15, -0.1) is 0 Å². The predicted molar refractivity (Wildman–Crippen MR) is 62.2 cm³/mol. The summed E-state index contributed by atoms with van der Waals surface area (Å²) in [6.45, 7) is 3.35. The first-order chi connectivity index (χ1) is 7.81. The van der Waals surface area contributed by atoms with Gasteiger partial charge in [0.15, 0.2) is 0 Å². The number of fused-ring (bicyclic) bond motifs is 1. The summed E-state index contributed by atoms with van der Waals surface area (Å²) >= 11 is 0. The van der Waals surface area contributed by atoms with Crippen LogP contribution in [0.5, 0.6) is 0 Å². The first kappa shape index (κ1) is 11.1. The molecule has 4 nitrogen and oxygen atoms in total. The lowest BCUT2D eigenvalue weighted by atomic mass is 10.2. The Balaban J connectivity index is 2.09. The number of aliphatic hydroxyl groups excluding tert-OH is 1. The Kier molecular flexibility index (Phi) is 3.54. The molecule has 0 saturated carbocycles. The van der Waals surface area contributed by atoms with E-state index in [2.05, 4.69) is 5.10 Å². The standard InChI is InChI=1S/C12H16N2O2/c1-2-16-9-11(15)8-14-12-6-4-3-5-10(12)7-13-14/h3-7,11,15H,2,8-9H2,1H3. The van der Waals surface area contributed by atoms with Crippen molar-refractivity contribution in [2.75, 3.05) is 13.2 Å². The molecule has 0 saturated heterocycles. The maximum absolute atomic E-state index is 9.73. The fraction of sp³-hybridized carbons (Fsp3) is 0.417. The van der Waals surface area contributed by atoms with Gasteiger partial charge < -0.3 is 9.84 Å². The van der Waals surface area contributed by atoms with Crippen LogP contribution in [0.4, 0.5) is 0 Å². The van der Waals surface area contributed by atoms with Crippen LogP contribution in [0.15, 0.2) is 30.5 Å². The summed E-state index contributed by atoms with van der Waals surface area (Å²) in [6, 6.07) is 7.95. The van der Waals surface area contributed by atoms with Crippen molar-refractivity contribution in [3.8, 4) is 0 Å². The number of para-hydroxylation sites is 1. The Labute approximate surface area is 94.5 Å². The van der Waals surface area contributed by atoms with E-state index in [0.717, 1.165) is 10.9 Å². The third kappa shape index (κ3) is 2.40. The average Bonchev–Trinajstić information content (AvgIpc) is 2.70. The third-order valence-corrected chi connectivity index (χ3v) is 2.45. The van der Waals surface area contributed by atoms with Gasteiger partial charge in [0.1, 0.15) is 0 Å². The maximum atomic E-state index is 9.73. The summed E-state index contributed by atoms with van der Waals surface area (Å²) in [7, 11) is 0. The highest BCUT2D eigenvalue weighted by molar-refractivity contribution is 5.78. The summed E-state index contributed by atoms with van der Waals surface area (Å²) in [5, 5.41) is 15.1. The number of hydrogen-bond acceptors (Lipinski definition) is 3. The highest BCUT2D eigenvalue weighted by Crippen LogP contribution is 2.12. The molecule has 0 fully saturated rings. The molecule has 1 unspecified atom stereocenters. The average molecular weight is 220 g/mol. The summed E-state index contributed by atoms with van der Waals surface area (Å²) in [5.41, 5.74) is 1.04. The van der Waals surface area contributed by atoms with Crippen LogP contribution < -0.4 is 0 Å². The van der Waals surface area contributed by atoms with E-state index in [1.165, 1.54) is 0 Å². The van der Waals surface area contributed by atoms with Crippen LogP contribution in [-0.4, -0.2) is 34.2 Å². The van der Waals surface area contributed by atoms with Gasteiger partial charge in [-0.1, -0.05) is 18.2 Å². The smallest absolute Gasteiger partial charge is 0.0969 e. The van der Waals surface area contributed by atoms with Crippen LogP contribution in [0.3, 0.4) is 0 Å². The first-order valence-corrected chi connectivity index (χ1v) is 5.47. The summed E-state index contributed by atoms with van der Waals surface area (Å²) in [5.74, 6) is 0. The fourth-order valence-electron chi connectivity index (χ4n) is 1.68. The van der Waals surface area contributed by atoms with E-state index < -0.39 is 6.10 Å². The number of benzene rings is 1. The van der Waals surface area contributed by atoms with Gasteiger partial charge in [-0.3, -0.25) is 4.68 Å². The van der Waals surface area contributed by atoms with Crippen molar-refractivity contribution in [3.05, 3.63) is 30.5 Å². The Morgan fingerprint density at radius 1 is 1.44 bits per heavy atom. The van der Waals surface area contributed by atoms with Crippen molar-refractivity contribution in [3.63, 3.8) is 0 Å². The Hall–Kier alpha value is -1.39. The molecular formula is C12H16N2O2. The van der Waals surface area contributed by atoms with Crippen LogP contribution >= 0.6 is 0 Å². The molecule has 0 aliphatic heterocycles. The third-order valence-electron chi connectivity index (χ3n) is 2.45. The summed E-state index contributed by atoms with van der Waals surface area (Å²) in [4.78, 5) is 0. The minimum atomic E-state index is -0.511. The van der Waals surface area contributed by atoms with Crippen molar-refractivity contribution in [2.45, 2.75) is 19.6 Å². The molecule has 1 heterocycles. The van der Waals surface area contributed by atoms with Gasteiger partial charge in [-0.05, 0) is 13.0 Å². The zero-order valence-electron chi connectivity index (χ0n) is 9.34. The lowest BCUT2D eigenvalue weighted by molar-refractivity contribution is 0.0323. The molecule has 1 aromatic carbocycles. The van der Waals surface area contributed by atoms with Crippen molar-refractivity contribution < 1.29 is 9.84 Å². The lowest BCUT2D eigenvalue weighted by Gasteiger charge is -2.11. The zero-order chi connectivity index (χ0) is 11.4. The van der Waals surface area contributed by atoms with Gasteiger partial charge in [0.25, 0.3) is 0 Å². The van der Waals surface area contributed by atoms with E-state index in [4.69, 9.17) is 4.74 Å². The molecule has 86 valence electrons. The van der Waals surface area contributed by atoms with Crippen molar-refractivity contribution >= 4 is 10.9 Å². The van der Waals surface area contributed by atoms with Gasteiger partial charge in [0, 0.05) is 12.0 Å². The molecule has 0 bridgehead atoms. The van der Waals surface area contributed by atoms with Crippen LogP contribution in [0.1, 0.15) is 6.92 Å². The Bertz CT molecular complexity index is 453. The minimum Gasteiger partial charge on any atom is -0.389 e. The number of ether oxygens (including phenoxy) is 1. The first-order valence-electron chi connectivity index (χ1n) is 5.47. The molecule has 1 N–H and O–H groups in total. The van der Waals surface area contributed by atoms with Gasteiger partial charge in [0.05, 0.1) is 31.0 Å². The van der Waals surface area contributed by atoms with E-state index in [1.54, 1.807) is 4.68 Å². The molecule has 0 spiro atoms. The number of nitrogens with zero attached hydrogens (tertiary/aromatic N) is 2. The largest absolute Gasteiger partial charge is 0.389 e. The molecule has 1 atom stereocenters. The summed E-state index contributed by atoms with van der Waals surface area (Å²) in [6.07, 6.45) is 1.30. The second-order valence-corrected chi connectivity index (χ2v) is 3.70. The molecule has 4 heteroatoms. The van der Waals surface area contributed by atoms with E-state index in [-0.39, 0.29) is 0 Å². The number of aliphatic hydroxyl groups is 1. The molecular weight excluding hydrogens is 204 g/mol. The van der Waals surface area contributed by atoms with Crippen LogP contribution in [-0.2, 0) is 11.3 Å². The molecule has 16 heavy (non-hydrogen) atoms. The predicted octanol–water partition coefficient (Wildman–Crippen LogP) is 1.43. The normalized spacial score (nSPS) is 13.1. The van der Waals surface area contributed by atoms with Crippen molar-refractivity contribution in [1.82, 2.24) is 9.78 Å². The topological polar surface area (TPSA) is 47.3 Å². The molecule has 2 aromatic rings. The summed E-state index contributed by atoms with van der Waals surface area (Å²) < 4.78 is 6.97. The highest BCUT2D eigenvalue weighted by Gasteiger charge is 2.08. The number of hydrogen-bond donors (Lipinski definition) is 1. The van der Waals surface area contributed by atoms with Crippen LogP contribution in [0.2, 0.25) is 0 Å². The maximum Gasteiger partial charge on any atom is 0.0969 e.